The van der Waals surface area contributed by atoms with Crippen LogP contribution in [0.4, 0.5) is 0 Å². The van der Waals surface area contributed by atoms with E-state index in [0.717, 1.165) is 17.9 Å². The third kappa shape index (κ3) is 4.21. The maximum Gasteiger partial charge on any atom is 0.0252 e. The van der Waals surface area contributed by atoms with Crippen LogP contribution in [0.5, 0.6) is 0 Å². The maximum absolute atomic E-state index is 6.52. The molecule has 2 nitrogen and oxygen atoms in total. The molecule has 2 N–H and O–H groups in total. The highest BCUT2D eigenvalue weighted by molar-refractivity contribution is 4.97. The van der Waals surface area contributed by atoms with Crippen molar-refractivity contribution < 1.29 is 0 Å². The van der Waals surface area contributed by atoms with Crippen LogP contribution in [0.25, 0.3) is 0 Å². The van der Waals surface area contributed by atoms with Crippen LogP contribution in [0, 0.1) is 17.3 Å². The van der Waals surface area contributed by atoms with Crippen molar-refractivity contribution in [1.29, 1.82) is 0 Å². The minimum absolute atomic E-state index is 0.404. The second-order valence-electron chi connectivity index (χ2n) is 8.76. The zero-order valence-corrected chi connectivity index (χ0v) is 14.4. The van der Waals surface area contributed by atoms with Gasteiger partial charge in [0.15, 0.2) is 0 Å². The lowest BCUT2D eigenvalue weighted by atomic mass is 9.69. The first kappa shape index (κ1) is 16.3. The lowest BCUT2D eigenvalue weighted by Gasteiger charge is -2.45. The molecule has 0 aromatic carbocycles. The van der Waals surface area contributed by atoms with Crippen LogP contribution in [0.15, 0.2) is 0 Å². The Morgan fingerprint density at radius 2 is 1.75 bits per heavy atom. The number of nitrogens with zero attached hydrogens (tertiary/aromatic N) is 1. The predicted octanol–water partition coefficient (Wildman–Crippen LogP) is 4.04. The fraction of sp³-hybridized carbons (Fsp3) is 1.00. The zero-order valence-electron chi connectivity index (χ0n) is 14.4. The first-order valence-electron chi connectivity index (χ1n) is 8.80. The first-order chi connectivity index (χ1) is 9.29. The lowest BCUT2D eigenvalue weighted by molar-refractivity contribution is 0.0614. The fourth-order valence-electron chi connectivity index (χ4n) is 3.77. The molecule has 2 aliphatic rings. The molecule has 2 fully saturated rings. The van der Waals surface area contributed by atoms with Crippen molar-refractivity contribution >= 4 is 0 Å². The van der Waals surface area contributed by atoms with Gasteiger partial charge in [0, 0.05) is 18.1 Å². The average molecular weight is 280 g/mol. The van der Waals surface area contributed by atoms with Crippen molar-refractivity contribution in [2.45, 2.75) is 91.3 Å². The molecule has 0 heterocycles. The summed E-state index contributed by atoms with van der Waals surface area (Å²) in [7, 11) is 0. The minimum atomic E-state index is 0.404. The molecule has 2 heteroatoms. The van der Waals surface area contributed by atoms with Crippen LogP contribution >= 0.6 is 0 Å². The summed E-state index contributed by atoms with van der Waals surface area (Å²) in [5.74, 6) is 1.64. The predicted molar refractivity (Wildman–Crippen MR) is 87.7 cm³/mol. The Hall–Kier alpha value is -0.0800. The molecule has 0 aliphatic heterocycles. The van der Waals surface area contributed by atoms with Crippen molar-refractivity contribution in [1.82, 2.24) is 4.90 Å². The van der Waals surface area contributed by atoms with E-state index in [1.54, 1.807) is 0 Å². The average Bonchev–Trinajstić information content (AvgIpc) is 3.14. The molecule has 3 atom stereocenters. The molecule has 0 bridgehead atoms. The third-order valence-corrected chi connectivity index (χ3v) is 5.50. The fourth-order valence-corrected chi connectivity index (χ4v) is 3.77. The van der Waals surface area contributed by atoms with Gasteiger partial charge in [-0.25, -0.2) is 0 Å². The van der Waals surface area contributed by atoms with Gasteiger partial charge in [-0.05, 0) is 62.3 Å². The van der Waals surface area contributed by atoms with Gasteiger partial charge in [0.25, 0.3) is 0 Å². The molecule has 2 rings (SSSR count). The monoisotopic (exact) mass is 280 g/mol. The molecule has 0 spiro atoms. The Morgan fingerprint density at radius 3 is 2.25 bits per heavy atom. The van der Waals surface area contributed by atoms with Crippen LogP contribution in [0.2, 0.25) is 0 Å². The van der Waals surface area contributed by atoms with E-state index < -0.39 is 0 Å². The standard InChI is InChI=1S/C18H36N2/c1-13(2)10-11-20(15-7-8-15)17-12-14(18(3,4)5)6-9-16(17)19/h13-17H,6-12,19H2,1-5H3. The summed E-state index contributed by atoms with van der Waals surface area (Å²) >= 11 is 0. The molecule has 2 aliphatic carbocycles. The molecular formula is C18H36N2. The van der Waals surface area contributed by atoms with E-state index >= 15 is 0 Å². The van der Waals surface area contributed by atoms with Crippen molar-refractivity contribution in [3.05, 3.63) is 0 Å². The first-order valence-corrected chi connectivity index (χ1v) is 8.80. The summed E-state index contributed by atoms with van der Waals surface area (Å²) in [5, 5.41) is 0. The summed E-state index contributed by atoms with van der Waals surface area (Å²) in [4.78, 5) is 2.79. The third-order valence-electron chi connectivity index (χ3n) is 5.50. The zero-order chi connectivity index (χ0) is 14.9. The molecule has 0 radical (unpaired) electrons. The number of hydrogen-bond donors (Lipinski definition) is 1. The maximum atomic E-state index is 6.52. The summed E-state index contributed by atoms with van der Waals surface area (Å²) in [6.07, 6.45) is 7.99. The molecule has 0 amide bonds. The Bertz CT molecular complexity index is 301. The highest BCUT2D eigenvalue weighted by Crippen LogP contribution is 2.41. The second-order valence-corrected chi connectivity index (χ2v) is 8.76. The largest absolute Gasteiger partial charge is 0.326 e. The highest BCUT2D eigenvalue weighted by atomic mass is 15.2. The van der Waals surface area contributed by atoms with Crippen LogP contribution in [0.1, 0.15) is 73.1 Å². The van der Waals surface area contributed by atoms with Gasteiger partial charge >= 0.3 is 0 Å². The Kier molecular flexibility index (Phi) is 5.18. The molecule has 0 aromatic heterocycles. The molecular weight excluding hydrogens is 244 g/mol. The minimum Gasteiger partial charge on any atom is -0.326 e. The van der Waals surface area contributed by atoms with Crippen molar-refractivity contribution in [3.63, 3.8) is 0 Å². The van der Waals surface area contributed by atoms with Gasteiger partial charge in [-0.3, -0.25) is 4.90 Å². The van der Waals surface area contributed by atoms with Crippen LogP contribution in [-0.2, 0) is 0 Å². The van der Waals surface area contributed by atoms with E-state index in [2.05, 4.69) is 39.5 Å². The quantitative estimate of drug-likeness (QED) is 0.823. The smallest absolute Gasteiger partial charge is 0.0252 e. The molecule has 0 aromatic rings. The Morgan fingerprint density at radius 1 is 1.10 bits per heavy atom. The van der Waals surface area contributed by atoms with Crippen molar-refractivity contribution in [2.24, 2.45) is 23.0 Å². The summed E-state index contributed by atoms with van der Waals surface area (Å²) in [6, 6.07) is 1.89. The van der Waals surface area contributed by atoms with Crippen LogP contribution < -0.4 is 5.73 Å². The van der Waals surface area contributed by atoms with E-state index in [9.17, 15) is 0 Å². The topological polar surface area (TPSA) is 29.3 Å². The van der Waals surface area contributed by atoms with Gasteiger partial charge in [-0.15, -0.1) is 0 Å². The number of rotatable bonds is 5. The summed E-state index contributed by atoms with van der Waals surface area (Å²) < 4.78 is 0. The van der Waals surface area contributed by atoms with E-state index in [0.29, 0.717) is 17.5 Å². The van der Waals surface area contributed by atoms with E-state index in [1.165, 1.54) is 45.1 Å². The SMILES string of the molecule is CC(C)CCN(C1CC1)C1CC(C(C)(C)C)CCC1N. The van der Waals surface area contributed by atoms with Crippen molar-refractivity contribution in [2.75, 3.05) is 6.54 Å². The molecule has 2 saturated carbocycles. The van der Waals surface area contributed by atoms with Crippen LogP contribution in [-0.4, -0.2) is 29.6 Å². The van der Waals surface area contributed by atoms with Gasteiger partial charge in [0.2, 0.25) is 0 Å². The molecule has 3 unspecified atom stereocenters. The van der Waals surface area contributed by atoms with E-state index in [-0.39, 0.29) is 0 Å². The van der Waals surface area contributed by atoms with Gasteiger partial charge in [0.05, 0.1) is 0 Å². The van der Waals surface area contributed by atoms with E-state index in [4.69, 9.17) is 5.73 Å². The van der Waals surface area contributed by atoms with Gasteiger partial charge < -0.3 is 5.73 Å². The Labute approximate surface area is 126 Å². The van der Waals surface area contributed by atoms with Crippen LogP contribution in [0.3, 0.4) is 0 Å². The number of hydrogen-bond acceptors (Lipinski definition) is 2. The normalized spacial score (nSPS) is 32.1. The molecule has 118 valence electrons. The summed E-state index contributed by atoms with van der Waals surface area (Å²) in [5.41, 5.74) is 6.95. The number of nitrogens with two attached hydrogens (primary N) is 1. The molecule has 20 heavy (non-hydrogen) atoms. The Balaban J connectivity index is 2.01. The lowest BCUT2D eigenvalue weighted by Crippen LogP contribution is -2.53. The molecule has 0 saturated heterocycles. The van der Waals surface area contributed by atoms with Gasteiger partial charge in [0.1, 0.15) is 0 Å². The summed E-state index contributed by atoms with van der Waals surface area (Å²) in [6.45, 7) is 13.1. The van der Waals surface area contributed by atoms with E-state index in [1.807, 2.05) is 0 Å². The highest BCUT2D eigenvalue weighted by Gasteiger charge is 2.41. The van der Waals surface area contributed by atoms with Gasteiger partial charge in [-0.2, -0.15) is 0 Å². The van der Waals surface area contributed by atoms with Crippen molar-refractivity contribution in [3.8, 4) is 0 Å². The van der Waals surface area contributed by atoms with Gasteiger partial charge in [-0.1, -0.05) is 34.6 Å². The second kappa shape index (κ2) is 6.36.